The van der Waals surface area contributed by atoms with Crippen molar-refractivity contribution >= 4 is 23.4 Å². The highest BCUT2D eigenvalue weighted by Gasteiger charge is 2.24. The van der Waals surface area contributed by atoms with Crippen LogP contribution in [0.15, 0.2) is 78.9 Å². The number of para-hydroxylation sites is 2. The summed E-state index contributed by atoms with van der Waals surface area (Å²) in [5, 5.41) is 0. The minimum atomic E-state index is -0.580. The molecule has 0 fully saturated rings. The van der Waals surface area contributed by atoms with Gasteiger partial charge in [-0.3, -0.25) is 0 Å². The van der Waals surface area contributed by atoms with Crippen LogP contribution in [0.3, 0.4) is 0 Å². The molecule has 1 unspecified atom stereocenters. The Bertz CT molecular complexity index is 1070. The first-order valence-corrected chi connectivity index (χ1v) is 11.2. The van der Waals surface area contributed by atoms with Crippen LogP contribution in [0.2, 0.25) is 0 Å². The molecule has 0 radical (unpaired) electrons. The molecule has 0 bridgehead atoms. The normalized spacial score (nSPS) is 11.9. The van der Waals surface area contributed by atoms with E-state index in [2.05, 4.69) is 0 Å². The highest BCUT2D eigenvalue weighted by Crippen LogP contribution is 2.31. The molecule has 0 saturated carbocycles. The average Bonchev–Trinajstić information content (AvgIpc) is 2.79. The molecular formula is C28H31NO5. The maximum Gasteiger partial charge on any atom is 0.419 e. The third kappa shape index (κ3) is 6.61. The van der Waals surface area contributed by atoms with Gasteiger partial charge in [0, 0.05) is 0 Å². The second-order valence-electron chi connectivity index (χ2n) is 8.88. The molecule has 0 heterocycles. The molecule has 178 valence electrons. The second kappa shape index (κ2) is 10.9. The van der Waals surface area contributed by atoms with Gasteiger partial charge in [-0.15, -0.1) is 0 Å². The van der Waals surface area contributed by atoms with Crippen LogP contribution < -0.4 is 9.64 Å². The zero-order valence-electron chi connectivity index (χ0n) is 20.3. The van der Waals surface area contributed by atoms with Crippen LogP contribution in [-0.4, -0.2) is 24.3 Å². The summed E-state index contributed by atoms with van der Waals surface area (Å²) in [5.41, 5.74) is 2.41. The highest BCUT2D eigenvalue weighted by atomic mass is 16.6. The first-order valence-electron chi connectivity index (χ1n) is 11.2. The lowest BCUT2D eigenvalue weighted by Crippen LogP contribution is -2.28. The molecule has 3 aromatic rings. The number of hydrogen-bond acceptors (Lipinski definition) is 5. The lowest BCUT2D eigenvalue weighted by Gasteiger charge is -2.25. The summed E-state index contributed by atoms with van der Waals surface area (Å²) >= 11 is 0. The number of amides is 1. The molecule has 3 rings (SSSR count). The second-order valence-corrected chi connectivity index (χ2v) is 8.88. The van der Waals surface area contributed by atoms with Crippen molar-refractivity contribution in [1.29, 1.82) is 0 Å². The van der Waals surface area contributed by atoms with Crippen molar-refractivity contribution in [3.8, 4) is 5.75 Å². The van der Waals surface area contributed by atoms with Crippen LogP contribution in [0.1, 0.15) is 44.9 Å². The van der Waals surface area contributed by atoms with Gasteiger partial charge >= 0.3 is 12.1 Å². The minimum Gasteiger partial charge on any atom is -0.482 e. The van der Waals surface area contributed by atoms with Crippen molar-refractivity contribution in [2.24, 2.45) is 0 Å². The summed E-state index contributed by atoms with van der Waals surface area (Å²) in [7, 11) is 0. The van der Waals surface area contributed by atoms with Gasteiger partial charge in [0.15, 0.2) is 6.61 Å². The smallest absolute Gasteiger partial charge is 0.419 e. The minimum absolute atomic E-state index is 0.203. The number of carbonyl (C=O) groups excluding carboxylic acids is 2. The number of benzene rings is 3. The van der Waals surface area contributed by atoms with Gasteiger partial charge in [-0.25, -0.2) is 14.5 Å². The van der Waals surface area contributed by atoms with Gasteiger partial charge in [0.05, 0.1) is 11.4 Å². The van der Waals surface area contributed by atoms with Gasteiger partial charge in [0.1, 0.15) is 17.5 Å². The Morgan fingerprint density at radius 2 is 1.41 bits per heavy atom. The Labute approximate surface area is 201 Å². The zero-order valence-corrected chi connectivity index (χ0v) is 20.3. The summed E-state index contributed by atoms with van der Waals surface area (Å²) in [5.74, 6) is 0.0902. The van der Waals surface area contributed by atoms with Gasteiger partial charge in [0.2, 0.25) is 0 Å². The van der Waals surface area contributed by atoms with E-state index in [9.17, 15) is 9.59 Å². The summed E-state index contributed by atoms with van der Waals surface area (Å²) < 4.78 is 16.9. The van der Waals surface area contributed by atoms with Crippen molar-refractivity contribution in [1.82, 2.24) is 0 Å². The summed E-state index contributed by atoms with van der Waals surface area (Å²) in [6.07, 6.45) is -1.04. The largest absolute Gasteiger partial charge is 0.482 e. The molecule has 0 saturated heterocycles. The predicted molar refractivity (Wildman–Crippen MR) is 132 cm³/mol. The topological polar surface area (TPSA) is 65.1 Å². The van der Waals surface area contributed by atoms with E-state index >= 15 is 0 Å². The van der Waals surface area contributed by atoms with E-state index in [-0.39, 0.29) is 6.61 Å². The molecule has 0 aromatic heterocycles. The van der Waals surface area contributed by atoms with Crippen LogP contribution in [-0.2, 0) is 14.3 Å². The van der Waals surface area contributed by atoms with Crippen LogP contribution >= 0.6 is 0 Å². The molecule has 1 amide bonds. The van der Waals surface area contributed by atoms with Gasteiger partial charge in [0.25, 0.3) is 0 Å². The van der Waals surface area contributed by atoms with Gasteiger partial charge in [-0.1, -0.05) is 48.5 Å². The monoisotopic (exact) mass is 461 g/mol. The van der Waals surface area contributed by atoms with E-state index in [1.807, 2.05) is 86.6 Å². The van der Waals surface area contributed by atoms with Crippen LogP contribution in [0.5, 0.6) is 5.75 Å². The Morgan fingerprint density at radius 1 is 0.853 bits per heavy atom. The third-order valence-corrected chi connectivity index (χ3v) is 5.02. The summed E-state index contributed by atoms with van der Waals surface area (Å²) in [6, 6.07) is 24.2. The first-order chi connectivity index (χ1) is 16.2. The molecule has 1 atom stereocenters. The molecule has 0 aliphatic carbocycles. The van der Waals surface area contributed by atoms with E-state index in [1.165, 1.54) is 4.90 Å². The molecule has 34 heavy (non-hydrogen) atoms. The van der Waals surface area contributed by atoms with Crippen molar-refractivity contribution < 1.29 is 23.8 Å². The maximum atomic E-state index is 13.3. The number of carbonyl (C=O) groups is 2. The van der Waals surface area contributed by atoms with Gasteiger partial charge in [-0.2, -0.15) is 0 Å². The molecule has 3 aromatic carbocycles. The highest BCUT2D eigenvalue weighted by molar-refractivity contribution is 5.96. The van der Waals surface area contributed by atoms with Gasteiger partial charge in [-0.05, 0) is 76.1 Å². The third-order valence-electron chi connectivity index (χ3n) is 5.02. The molecule has 0 N–H and O–H groups in total. The van der Waals surface area contributed by atoms with Crippen LogP contribution in [0.4, 0.5) is 16.2 Å². The lowest BCUT2D eigenvalue weighted by molar-refractivity contribution is -0.157. The maximum absolute atomic E-state index is 13.3. The number of anilines is 2. The van der Waals surface area contributed by atoms with Crippen molar-refractivity contribution in [3.05, 3.63) is 90.0 Å². The number of esters is 1. The molecular weight excluding hydrogens is 430 g/mol. The Balaban J connectivity index is 1.76. The standard InChI is InChI=1S/C28H31NO5/c1-20-24(17-12-18-25(20)32-19-26(30)34-28(3,4)5)21(2)33-27(31)29(22-13-8-6-9-14-22)23-15-10-7-11-16-23/h6-18,21H,19H2,1-5H3. The van der Waals surface area contributed by atoms with Crippen molar-refractivity contribution in [2.45, 2.75) is 46.3 Å². The Kier molecular flexibility index (Phi) is 7.95. The quantitative estimate of drug-likeness (QED) is 0.364. The molecule has 6 nitrogen and oxygen atoms in total. The molecule has 0 spiro atoms. The van der Waals surface area contributed by atoms with E-state index in [0.717, 1.165) is 11.1 Å². The lowest BCUT2D eigenvalue weighted by atomic mass is 10.0. The van der Waals surface area contributed by atoms with Crippen molar-refractivity contribution in [2.75, 3.05) is 11.5 Å². The summed E-state index contributed by atoms with van der Waals surface area (Å²) in [6.45, 7) is 8.90. The fourth-order valence-corrected chi connectivity index (χ4v) is 3.52. The number of ether oxygens (including phenoxy) is 3. The van der Waals surface area contributed by atoms with Crippen molar-refractivity contribution in [3.63, 3.8) is 0 Å². The zero-order chi connectivity index (χ0) is 24.7. The van der Waals surface area contributed by atoms with Crippen LogP contribution in [0.25, 0.3) is 0 Å². The van der Waals surface area contributed by atoms with E-state index in [4.69, 9.17) is 14.2 Å². The Morgan fingerprint density at radius 3 is 1.94 bits per heavy atom. The summed E-state index contributed by atoms with van der Waals surface area (Å²) in [4.78, 5) is 26.8. The van der Waals surface area contributed by atoms with E-state index < -0.39 is 23.8 Å². The number of hydrogen-bond donors (Lipinski definition) is 0. The Hall–Kier alpha value is -3.80. The fourth-order valence-electron chi connectivity index (χ4n) is 3.52. The first kappa shape index (κ1) is 24.8. The van der Waals surface area contributed by atoms with Gasteiger partial charge < -0.3 is 14.2 Å². The molecule has 0 aliphatic heterocycles. The van der Waals surface area contributed by atoms with E-state index in [1.54, 1.807) is 26.8 Å². The predicted octanol–water partition coefficient (Wildman–Crippen LogP) is 6.75. The molecule has 0 aliphatic rings. The SMILES string of the molecule is Cc1c(OCC(=O)OC(C)(C)C)cccc1C(C)OC(=O)N(c1ccccc1)c1ccccc1. The molecule has 6 heteroatoms. The van der Waals surface area contributed by atoms with E-state index in [0.29, 0.717) is 17.1 Å². The fraction of sp³-hybridized carbons (Fsp3) is 0.286. The van der Waals surface area contributed by atoms with Crippen LogP contribution in [0, 0.1) is 6.92 Å². The average molecular weight is 462 g/mol. The number of rotatable bonds is 7. The number of nitrogens with zero attached hydrogens (tertiary/aromatic N) is 1.